The molecule has 0 spiro atoms. The van der Waals surface area contributed by atoms with Crippen molar-refractivity contribution in [3.05, 3.63) is 23.3 Å². The number of carboxylic acid groups (broad SMARTS) is 1. The topological polar surface area (TPSA) is 89.3 Å². The lowest BCUT2D eigenvalue weighted by molar-refractivity contribution is 0.0695. The van der Waals surface area contributed by atoms with Crippen LogP contribution in [0.25, 0.3) is 0 Å². The van der Waals surface area contributed by atoms with Crippen LogP contribution in [0.2, 0.25) is 0 Å². The Morgan fingerprint density at radius 2 is 1.82 bits per heavy atom. The molecule has 0 heterocycles. The Morgan fingerprint density at radius 3 is 2.41 bits per heavy atom. The summed E-state index contributed by atoms with van der Waals surface area (Å²) in [7, 11) is 0. The minimum absolute atomic E-state index is 0.273. The molecule has 0 saturated heterocycles. The highest BCUT2D eigenvalue weighted by Gasteiger charge is 2.23. The number of aromatic carboxylic acids is 1. The zero-order valence-electron chi connectivity index (χ0n) is 9.78. The Bertz CT molecular complexity index is 437. The van der Waals surface area contributed by atoms with Gasteiger partial charge in [0.25, 0.3) is 0 Å². The number of benzene rings is 1. The van der Waals surface area contributed by atoms with Gasteiger partial charge < -0.3 is 16.6 Å². The van der Waals surface area contributed by atoms with Crippen LogP contribution in [0, 0.1) is 0 Å². The molecule has 0 unspecified atom stereocenters. The molecular formula is C13H18N2O2. The van der Waals surface area contributed by atoms with Gasteiger partial charge in [0.15, 0.2) is 0 Å². The average Bonchev–Trinajstić information content (AvgIpc) is 2.29. The number of hydrogen-bond acceptors (Lipinski definition) is 3. The number of nitrogens with two attached hydrogens (primary N) is 2. The van der Waals surface area contributed by atoms with E-state index in [4.69, 9.17) is 11.5 Å². The van der Waals surface area contributed by atoms with Gasteiger partial charge in [-0.3, -0.25) is 0 Å². The van der Waals surface area contributed by atoms with Crippen molar-refractivity contribution in [3.8, 4) is 0 Å². The SMILES string of the molecule is Nc1cc(N)c(C2CCCCC2)c(C(=O)O)c1. The predicted octanol–water partition coefficient (Wildman–Crippen LogP) is 2.60. The Labute approximate surface area is 101 Å². The van der Waals surface area contributed by atoms with Crippen LogP contribution >= 0.6 is 0 Å². The molecule has 0 bridgehead atoms. The maximum absolute atomic E-state index is 11.3. The first-order valence-electron chi connectivity index (χ1n) is 6.01. The summed E-state index contributed by atoms with van der Waals surface area (Å²) in [6, 6.07) is 3.18. The van der Waals surface area contributed by atoms with Crippen molar-refractivity contribution in [2.45, 2.75) is 38.0 Å². The van der Waals surface area contributed by atoms with Gasteiger partial charge in [0.2, 0.25) is 0 Å². The Morgan fingerprint density at radius 1 is 1.18 bits per heavy atom. The number of carbonyl (C=O) groups is 1. The lowest BCUT2D eigenvalue weighted by Gasteiger charge is -2.25. The van der Waals surface area contributed by atoms with Crippen LogP contribution in [0.1, 0.15) is 53.9 Å². The first kappa shape index (κ1) is 11.8. The zero-order valence-corrected chi connectivity index (χ0v) is 9.78. The summed E-state index contributed by atoms with van der Waals surface area (Å²) < 4.78 is 0. The first-order valence-corrected chi connectivity index (χ1v) is 6.01. The summed E-state index contributed by atoms with van der Waals surface area (Å²) >= 11 is 0. The molecule has 1 aliphatic carbocycles. The third-order valence-electron chi connectivity index (χ3n) is 3.48. The summed E-state index contributed by atoms with van der Waals surface area (Å²) in [4.78, 5) is 11.3. The van der Waals surface area contributed by atoms with Crippen LogP contribution in [0.15, 0.2) is 12.1 Å². The van der Waals surface area contributed by atoms with E-state index in [2.05, 4.69) is 0 Å². The summed E-state index contributed by atoms with van der Waals surface area (Å²) in [5.74, 6) is -0.667. The van der Waals surface area contributed by atoms with E-state index in [9.17, 15) is 9.90 Å². The van der Waals surface area contributed by atoms with Gasteiger partial charge in [-0.05, 0) is 36.5 Å². The summed E-state index contributed by atoms with van der Waals surface area (Å²) in [6.07, 6.45) is 5.57. The van der Waals surface area contributed by atoms with Crippen LogP contribution in [0.3, 0.4) is 0 Å². The van der Waals surface area contributed by atoms with E-state index < -0.39 is 5.97 Å². The van der Waals surface area contributed by atoms with Gasteiger partial charge in [0.05, 0.1) is 5.56 Å². The van der Waals surface area contributed by atoms with Gasteiger partial charge in [-0.25, -0.2) is 4.79 Å². The standard InChI is InChI=1S/C13H18N2O2/c14-9-6-10(13(16)17)12(11(15)7-9)8-4-2-1-3-5-8/h6-8H,1-5,14-15H2,(H,16,17). The number of nitrogen functional groups attached to an aromatic ring is 2. The molecule has 1 fully saturated rings. The predicted molar refractivity (Wildman–Crippen MR) is 68.1 cm³/mol. The monoisotopic (exact) mass is 234 g/mol. The van der Waals surface area contributed by atoms with Crippen molar-refractivity contribution >= 4 is 17.3 Å². The Hall–Kier alpha value is -1.71. The van der Waals surface area contributed by atoms with Crippen LogP contribution in [-0.4, -0.2) is 11.1 Å². The molecule has 1 aromatic rings. The molecule has 0 aromatic heterocycles. The first-order chi connectivity index (χ1) is 8.09. The lowest BCUT2D eigenvalue weighted by atomic mass is 9.81. The molecular weight excluding hydrogens is 216 g/mol. The molecule has 92 valence electrons. The van der Waals surface area contributed by atoms with Crippen LogP contribution < -0.4 is 11.5 Å². The van der Waals surface area contributed by atoms with Crippen LogP contribution in [0.4, 0.5) is 11.4 Å². The highest BCUT2D eigenvalue weighted by molar-refractivity contribution is 5.93. The maximum atomic E-state index is 11.3. The van der Waals surface area contributed by atoms with E-state index in [-0.39, 0.29) is 11.5 Å². The Balaban J connectivity index is 2.46. The third-order valence-corrected chi connectivity index (χ3v) is 3.48. The van der Waals surface area contributed by atoms with Crippen molar-refractivity contribution in [2.24, 2.45) is 0 Å². The van der Waals surface area contributed by atoms with Gasteiger partial charge in [0.1, 0.15) is 0 Å². The van der Waals surface area contributed by atoms with Crippen LogP contribution in [0.5, 0.6) is 0 Å². The fraction of sp³-hybridized carbons (Fsp3) is 0.462. The fourth-order valence-electron chi connectivity index (χ4n) is 2.72. The molecule has 1 aliphatic rings. The second-order valence-corrected chi connectivity index (χ2v) is 4.71. The third kappa shape index (κ3) is 2.35. The molecule has 4 heteroatoms. The van der Waals surface area contributed by atoms with Crippen molar-refractivity contribution < 1.29 is 9.90 Å². The van der Waals surface area contributed by atoms with E-state index in [1.165, 1.54) is 12.5 Å². The molecule has 0 atom stereocenters. The largest absolute Gasteiger partial charge is 0.478 e. The molecule has 0 aliphatic heterocycles. The number of hydrogen-bond donors (Lipinski definition) is 3. The average molecular weight is 234 g/mol. The summed E-state index contributed by atoms with van der Waals surface area (Å²) in [5, 5.41) is 9.23. The molecule has 4 nitrogen and oxygen atoms in total. The normalized spacial score (nSPS) is 16.9. The molecule has 2 rings (SSSR count). The fourth-order valence-corrected chi connectivity index (χ4v) is 2.72. The second-order valence-electron chi connectivity index (χ2n) is 4.71. The van der Waals surface area contributed by atoms with E-state index in [1.54, 1.807) is 6.07 Å². The number of rotatable bonds is 2. The number of carboxylic acids is 1. The van der Waals surface area contributed by atoms with E-state index >= 15 is 0 Å². The molecule has 1 saturated carbocycles. The van der Waals surface area contributed by atoms with Crippen molar-refractivity contribution in [2.75, 3.05) is 11.5 Å². The van der Waals surface area contributed by atoms with Gasteiger partial charge >= 0.3 is 5.97 Å². The van der Waals surface area contributed by atoms with Crippen LogP contribution in [-0.2, 0) is 0 Å². The molecule has 0 amide bonds. The molecule has 17 heavy (non-hydrogen) atoms. The summed E-state index contributed by atoms with van der Waals surface area (Å²) in [5.41, 5.74) is 13.6. The van der Waals surface area contributed by atoms with Gasteiger partial charge in [0, 0.05) is 11.4 Å². The van der Waals surface area contributed by atoms with E-state index in [0.29, 0.717) is 11.4 Å². The van der Waals surface area contributed by atoms with Crippen molar-refractivity contribution in [1.82, 2.24) is 0 Å². The Kier molecular flexibility index (Phi) is 3.22. The lowest BCUT2D eigenvalue weighted by Crippen LogP contribution is -2.14. The maximum Gasteiger partial charge on any atom is 0.336 e. The smallest absolute Gasteiger partial charge is 0.336 e. The van der Waals surface area contributed by atoms with Gasteiger partial charge in [-0.2, -0.15) is 0 Å². The van der Waals surface area contributed by atoms with Crippen molar-refractivity contribution in [1.29, 1.82) is 0 Å². The molecule has 1 aromatic carbocycles. The minimum atomic E-state index is -0.940. The highest BCUT2D eigenvalue weighted by Crippen LogP contribution is 2.38. The van der Waals surface area contributed by atoms with Gasteiger partial charge in [-0.1, -0.05) is 19.3 Å². The minimum Gasteiger partial charge on any atom is -0.478 e. The number of anilines is 2. The molecule has 5 N–H and O–H groups in total. The van der Waals surface area contributed by atoms with E-state index in [0.717, 1.165) is 31.2 Å². The van der Waals surface area contributed by atoms with Crippen molar-refractivity contribution in [3.63, 3.8) is 0 Å². The molecule has 0 radical (unpaired) electrons. The zero-order chi connectivity index (χ0) is 12.4. The van der Waals surface area contributed by atoms with Gasteiger partial charge in [-0.15, -0.1) is 0 Å². The second kappa shape index (κ2) is 4.65. The highest BCUT2D eigenvalue weighted by atomic mass is 16.4. The van der Waals surface area contributed by atoms with E-state index in [1.807, 2.05) is 0 Å². The summed E-state index contributed by atoms with van der Waals surface area (Å²) in [6.45, 7) is 0. The quantitative estimate of drug-likeness (QED) is 0.686.